The molecule has 0 heterocycles. The Morgan fingerprint density at radius 2 is 0.459 bits per heavy atom. The van der Waals surface area contributed by atoms with Gasteiger partial charge in [-0.2, -0.15) is 0 Å². The van der Waals surface area contributed by atoms with Gasteiger partial charge in [0.25, 0.3) is 23.6 Å². The first-order chi connectivity index (χ1) is 27.6. The minimum Gasteiger partial charge on any atom is -0.391 e. The van der Waals surface area contributed by atoms with Gasteiger partial charge in [-0.3, -0.25) is 19.2 Å². The summed E-state index contributed by atoms with van der Waals surface area (Å²) < 4.78 is 0. The lowest BCUT2D eigenvalue weighted by Crippen LogP contribution is -2.46. The number of carbonyl (C=O) groups is 4. The zero-order valence-electron chi connectivity index (χ0n) is 37.9. The molecule has 0 aliphatic rings. The van der Waals surface area contributed by atoms with E-state index in [1.807, 2.05) is 0 Å². The summed E-state index contributed by atoms with van der Waals surface area (Å²) in [6.45, 7) is 21.2. The van der Waals surface area contributed by atoms with Crippen LogP contribution in [0.4, 0.5) is 0 Å². The fourth-order valence-electron chi connectivity index (χ4n) is 3.95. The van der Waals surface area contributed by atoms with E-state index in [1.165, 1.54) is 0 Å². The molecule has 0 unspecified atom stereocenters. The van der Waals surface area contributed by atoms with E-state index in [2.05, 4.69) is 21.3 Å². The second kappa shape index (κ2) is 37.9. The molecule has 0 saturated heterocycles. The lowest BCUT2D eigenvalue weighted by atomic mass is 10.0. The molecule has 0 spiro atoms. The second-order valence-corrected chi connectivity index (χ2v) is 15.9. The van der Waals surface area contributed by atoms with Crippen molar-refractivity contribution in [2.45, 2.75) is 189 Å². The van der Waals surface area contributed by atoms with Crippen LogP contribution in [0.5, 0.6) is 0 Å². The van der Waals surface area contributed by atoms with Gasteiger partial charge < -0.3 is 82.5 Å². The third-order valence-electron chi connectivity index (χ3n) is 9.03. The van der Waals surface area contributed by atoms with Crippen LogP contribution in [-0.2, 0) is 19.2 Å². The second-order valence-electron chi connectivity index (χ2n) is 15.9. The number of rotatable bonds is 24. The van der Waals surface area contributed by atoms with E-state index in [4.69, 9.17) is 0 Å². The molecule has 0 fully saturated rings. The molecular formula is C41H88N4O16. The number of aliphatic hydroxyl groups excluding tert-OH is 12. The molecule has 0 aromatic carbocycles. The van der Waals surface area contributed by atoms with Crippen molar-refractivity contribution in [1.82, 2.24) is 21.3 Å². The quantitative estimate of drug-likeness (QED) is 0.0482. The van der Waals surface area contributed by atoms with Gasteiger partial charge >= 0.3 is 0 Å². The Hall–Kier alpha value is -2.60. The van der Waals surface area contributed by atoms with Crippen molar-refractivity contribution in [2.24, 2.45) is 23.7 Å². The summed E-state index contributed by atoms with van der Waals surface area (Å²) in [5, 5.41) is 121. The van der Waals surface area contributed by atoms with Crippen LogP contribution in [0.15, 0.2) is 0 Å². The average Bonchev–Trinajstić information content (AvgIpc) is 3.22. The zero-order valence-corrected chi connectivity index (χ0v) is 37.9. The Kier molecular flexibility index (Phi) is 41.9. The molecule has 0 bridgehead atoms. The van der Waals surface area contributed by atoms with Gasteiger partial charge in [0.15, 0.2) is 24.4 Å². The number of carbonyl (C=O) groups excluding carboxylic acids is 4. The molecular weight excluding hydrogens is 804 g/mol. The Morgan fingerprint density at radius 3 is 0.557 bits per heavy atom. The largest absolute Gasteiger partial charge is 0.391 e. The molecule has 20 nitrogen and oxygen atoms in total. The maximum absolute atomic E-state index is 11.3. The fourth-order valence-corrected chi connectivity index (χ4v) is 3.95. The number of hydrogen-bond acceptors (Lipinski definition) is 16. The van der Waals surface area contributed by atoms with Crippen LogP contribution < -0.4 is 21.3 Å². The van der Waals surface area contributed by atoms with Crippen molar-refractivity contribution < 1.29 is 80.5 Å². The van der Waals surface area contributed by atoms with E-state index >= 15 is 0 Å². The van der Waals surface area contributed by atoms with Gasteiger partial charge in [-0.25, -0.2) is 0 Å². The van der Waals surface area contributed by atoms with Crippen molar-refractivity contribution in [3.63, 3.8) is 0 Å². The van der Waals surface area contributed by atoms with Crippen LogP contribution in [-0.4, -0.2) is 184 Å². The molecule has 4 amide bonds. The highest BCUT2D eigenvalue weighted by Gasteiger charge is 2.29. The van der Waals surface area contributed by atoms with Gasteiger partial charge in [0, 0.05) is 26.2 Å². The molecule has 0 aliphatic carbocycles. The van der Waals surface area contributed by atoms with Crippen LogP contribution in [0.2, 0.25) is 0 Å². The van der Waals surface area contributed by atoms with Crippen molar-refractivity contribution >= 4 is 23.6 Å². The third-order valence-corrected chi connectivity index (χ3v) is 9.03. The summed E-state index contributed by atoms with van der Waals surface area (Å²) in [4.78, 5) is 45.1. The monoisotopic (exact) mass is 893 g/mol. The standard InChI is InChI=1S/4C10H21NO4.CH4/c4*1-4-7(12)5-11-10(15)9(14)8(13)6(2)3;/h4*6-9,12-14H,4-5H2,1-3H3,(H,11,15);1H4/t2*7-,8+,9-;2*7-,8-,9+;/m1010./s1. The molecule has 0 aromatic rings. The van der Waals surface area contributed by atoms with E-state index in [0.717, 1.165) is 0 Å². The maximum Gasteiger partial charge on any atom is 0.251 e. The maximum atomic E-state index is 11.3. The number of nitrogens with one attached hydrogen (secondary N) is 4. The van der Waals surface area contributed by atoms with Gasteiger partial charge in [-0.15, -0.1) is 0 Å². The summed E-state index contributed by atoms with van der Waals surface area (Å²) in [5.74, 6) is -3.37. The van der Waals surface area contributed by atoms with E-state index in [9.17, 15) is 80.5 Å². The summed E-state index contributed by atoms with van der Waals surface area (Å²) in [7, 11) is 0. The highest BCUT2D eigenvalue weighted by atomic mass is 16.4. The molecule has 0 aromatic heterocycles. The summed E-state index contributed by atoms with van der Waals surface area (Å²) in [6, 6.07) is 0. The van der Waals surface area contributed by atoms with E-state index in [-0.39, 0.29) is 57.3 Å². The molecule has 0 rings (SSSR count). The van der Waals surface area contributed by atoms with Gasteiger partial charge in [0.05, 0.1) is 48.8 Å². The Bertz CT molecular complexity index is 952. The first-order valence-corrected chi connectivity index (χ1v) is 20.9. The molecule has 0 aliphatic heterocycles. The minimum atomic E-state index is -1.44. The van der Waals surface area contributed by atoms with Crippen molar-refractivity contribution in [3.05, 3.63) is 0 Å². The first-order valence-electron chi connectivity index (χ1n) is 20.9. The molecule has 20 heteroatoms. The predicted molar refractivity (Wildman–Crippen MR) is 231 cm³/mol. The van der Waals surface area contributed by atoms with Crippen LogP contribution in [0.1, 0.15) is 116 Å². The normalized spacial score (nSPS) is 17.0. The minimum absolute atomic E-state index is 0. The van der Waals surface area contributed by atoms with Gasteiger partial charge in [-0.05, 0) is 49.4 Å². The lowest BCUT2D eigenvalue weighted by molar-refractivity contribution is -0.138. The smallest absolute Gasteiger partial charge is 0.251 e. The molecule has 12 atom stereocenters. The SMILES string of the molecule is C.CC[C@@H](O)CNC(=O)[C@@H](O)[C@H](O)C(C)C.CC[C@@H](O)CNC(=O)[C@H](O)[C@@H](O)C(C)C.CC[C@H](O)CNC(=O)[C@@H](O)[C@H](O)C(C)C.CC[C@H](O)CNC(=O)[C@H](O)[C@@H](O)C(C)C. The molecule has 368 valence electrons. The molecule has 16 N–H and O–H groups in total. The van der Waals surface area contributed by atoms with Crippen LogP contribution in [0, 0.1) is 23.7 Å². The zero-order chi connectivity index (χ0) is 48.0. The Morgan fingerprint density at radius 1 is 0.328 bits per heavy atom. The Labute approximate surface area is 364 Å². The van der Waals surface area contributed by atoms with E-state index in [0.29, 0.717) is 25.7 Å². The third kappa shape index (κ3) is 32.7. The van der Waals surface area contributed by atoms with Crippen LogP contribution in [0.25, 0.3) is 0 Å². The molecule has 0 radical (unpaired) electrons. The number of aliphatic hydroxyl groups is 12. The van der Waals surface area contributed by atoms with Crippen LogP contribution in [0.3, 0.4) is 0 Å². The first kappa shape index (κ1) is 67.5. The molecule has 61 heavy (non-hydrogen) atoms. The summed E-state index contributed by atoms with van der Waals surface area (Å²) in [6.07, 6.45) is -10.4. The predicted octanol–water partition coefficient (Wildman–Crippen LogP) is -2.36. The fraction of sp³-hybridized carbons (Fsp3) is 0.902. The summed E-state index contributed by atoms with van der Waals surface area (Å²) in [5.41, 5.74) is 0. The van der Waals surface area contributed by atoms with Gasteiger partial charge in [0.2, 0.25) is 0 Å². The van der Waals surface area contributed by atoms with E-state index in [1.54, 1.807) is 83.1 Å². The topological polar surface area (TPSA) is 359 Å². The summed E-state index contributed by atoms with van der Waals surface area (Å²) >= 11 is 0. The van der Waals surface area contributed by atoms with Crippen LogP contribution >= 0.6 is 0 Å². The lowest BCUT2D eigenvalue weighted by Gasteiger charge is -2.20. The van der Waals surface area contributed by atoms with Crippen molar-refractivity contribution in [1.29, 1.82) is 0 Å². The van der Waals surface area contributed by atoms with E-state index < -0.39 is 96.9 Å². The number of hydrogen-bond donors (Lipinski definition) is 16. The number of amides is 4. The van der Waals surface area contributed by atoms with Gasteiger partial charge in [-0.1, -0.05) is 90.5 Å². The van der Waals surface area contributed by atoms with Crippen molar-refractivity contribution in [3.8, 4) is 0 Å². The van der Waals surface area contributed by atoms with Gasteiger partial charge in [0.1, 0.15) is 0 Å². The highest BCUT2D eigenvalue weighted by molar-refractivity contribution is 5.82. The van der Waals surface area contributed by atoms with Crippen molar-refractivity contribution in [2.75, 3.05) is 26.2 Å². The Balaban J connectivity index is -0.000000227. The average molecular weight is 893 g/mol. The molecule has 0 saturated carbocycles. The highest BCUT2D eigenvalue weighted by Crippen LogP contribution is 2.09.